The van der Waals surface area contributed by atoms with E-state index in [2.05, 4.69) is 22.2 Å². The van der Waals surface area contributed by atoms with Gasteiger partial charge >= 0.3 is 0 Å². The summed E-state index contributed by atoms with van der Waals surface area (Å²) in [6, 6.07) is 7.10. The summed E-state index contributed by atoms with van der Waals surface area (Å²) in [5, 5.41) is 4.21. The number of ether oxygens (including phenoxy) is 1. The van der Waals surface area contributed by atoms with Gasteiger partial charge in [0.1, 0.15) is 11.2 Å². The quantitative estimate of drug-likeness (QED) is 0.716. The van der Waals surface area contributed by atoms with Crippen molar-refractivity contribution in [3.8, 4) is 5.88 Å². The monoisotopic (exact) mass is 387 g/mol. The Morgan fingerprint density at radius 1 is 1.38 bits per heavy atom. The number of nitrogens with zero attached hydrogens (tertiary/aromatic N) is 2. The van der Waals surface area contributed by atoms with Crippen molar-refractivity contribution >= 4 is 44.7 Å². The third-order valence-electron chi connectivity index (χ3n) is 4.54. The molecule has 0 aliphatic heterocycles. The summed E-state index contributed by atoms with van der Waals surface area (Å²) in [6.07, 6.45) is 4.73. The zero-order chi connectivity index (χ0) is 18.1. The molecule has 3 aromatic rings. The largest absolute Gasteiger partial charge is 0.467 e. The molecule has 0 saturated carbocycles. The maximum absolute atomic E-state index is 12.2. The minimum absolute atomic E-state index is 0.127. The zero-order valence-electron chi connectivity index (χ0n) is 14.3. The molecule has 4 rings (SSSR count). The predicted octanol–water partition coefficient (Wildman–Crippen LogP) is 4.49. The highest BCUT2D eigenvalue weighted by atomic mass is 35.5. The number of carbonyl (C=O) groups excluding carboxylic acids is 1. The Kier molecular flexibility index (Phi) is 4.78. The number of halogens is 1. The molecule has 0 bridgehead atoms. The van der Waals surface area contributed by atoms with Gasteiger partial charge in [-0.1, -0.05) is 30.7 Å². The van der Waals surface area contributed by atoms with Gasteiger partial charge in [0.25, 0.3) is 5.91 Å². The van der Waals surface area contributed by atoms with Crippen LogP contribution in [0, 0.1) is 5.92 Å². The molecular formula is C19H18ClN3O2S. The second kappa shape index (κ2) is 7.21. The molecular weight excluding hydrogens is 370 g/mol. The summed E-state index contributed by atoms with van der Waals surface area (Å²) in [5.74, 6) is 0.897. The Bertz CT molecular complexity index is 973. The summed E-state index contributed by atoms with van der Waals surface area (Å²) in [4.78, 5) is 23.2. The van der Waals surface area contributed by atoms with Gasteiger partial charge in [0.15, 0.2) is 6.61 Å². The molecule has 1 atom stereocenters. The maximum atomic E-state index is 12.2. The van der Waals surface area contributed by atoms with Gasteiger partial charge in [0.05, 0.1) is 16.1 Å². The van der Waals surface area contributed by atoms with Crippen molar-refractivity contribution < 1.29 is 9.53 Å². The number of amides is 1. The lowest BCUT2D eigenvalue weighted by Crippen LogP contribution is -2.20. The van der Waals surface area contributed by atoms with Crippen LogP contribution in [0.25, 0.3) is 10.2 Å². The molecule has 0 spiro atoms. The normalized spacial score (nSPS) is 16.3. The van der Waals surface area contributed by atoms with Gasteiger partial charge in [0.2, 0.25) is 5.88 Å². The second-order valence-electron chi connectivity index (χ2n) is 6.53. The van der Waals surface area contributed by atoms with Crippen molar-refractivity contribution in [3.63, 3.8) is 0 Å². The van der Waals surface area contributed by atoms with E-state index in [9.17, 15) is 4.79 Å². The predicted molar refractivity (Wildman–Crippen MR) is 104 cm³/mol. The lowest BCUT2D eigenvalue weighted by Gasteiger charge is -2.18. The van der Waals surface area contributed by atoms with E-state index in [1.807, 2.05) is 12.1 Å². The van der Waals surface area contributed by atoms with Crippen LogP contribution in [0.2, 0.25) is 5.02 Å². The highest BCUT2D eigenvalue weighted by Gasteiger charge is 2.23. The Morgan fingerprint density at radius 2 is 2.23 bits per heavy atom. The number of hydrogen-bond acceptors (Lipinski definition) is 5. The van der Waals surface area contributed by atoms with E-state index in [0.717, 1.165) is 29.5 Å². The number of rotatable bonds is 4. The molecule has 0 radical (unpaired) electrons. The van der Waals surface area contributed by atoms with Crippen molar-refractivity contribution in [2.75, 3.05) is 11.9 Å². The molecule has 1 aliphatic carbocycles. The number of carbonyl (C=O) groups is 1. The van der Waals surface area contributed by atoms with Crippen LogP contribution >= 0.6 is 22.9 Å². The van der Waals surface area contributed by atoms with Crippen LogP contribution in [-0.2, 0) is 17.6 Å². The SMILES string of the molecule is CC1CCc2c(sc3ncnc(OCC(=O)Nc4ccccc4Cl)c23)C1. The van der Waals surface area contributed by atoms with Crippen molar-refractivity contribution in [2.24, 2.45) is 5.92 Å². The van der Waals surface area contributed by atoms with Crippen LogP contribution in [0.15, 0.2) is 30.6 Å². The van der Waals surface area contributed by atoms with Crippen LogP contribution in [0.1, 0.15) is 23.8 Å². The smallest absolute Gasteiger partial charge is 0.262 e. The molecule has 1 aliphatic rings. The number of benzene rings is 1. The fourth-order valence-corrected chi connectivity index (χ4v) is 4.76. The molecule has 0 saturated heterocycles. The van der Waals surface area contributed by atoms with E-state index < -0.39 is 0 Å². The Morgan fingerprint density at radius 3 is 3.08 bits per heavy atom. The standard InChI is InChI=1S/C19H18ClN3O2S/c1-11-6-7-12-15(8-11)26-19-17(12)18(21-10-22-19)25-9-16(24)23-14-5-3-2-4-13(14)20/h2-5,10-11H,6-9H2,1H3,(H,23,24). The van der Waals surface area contributed by atoms with Gasteiger partial charge in [-0.2, -0.15) is 0 Å². The van der Waals surface area contributed by atoms with Crippen molar-refractivity contribution in [3.05, 3.63) is 46.1 Å². The van der Waals surface area contributed by atoms with Crippen LogP contribution in [0.3, 0.4) is 0 Å². The van der Waals surface area contributed by atoms with Crippen molar-refractivity contribution in [1.82, 2.24) is 9.97 Å². The summed E-state index contributed by atoms with van der Waals surface area (Å²) in [6.45, 7) is 2.15. The summed E-state index contributed by atoms with van der Waals surface area (Å²) in [5.41, 5.74) is 1.85. The van der Waals surface area contributed by atoms with E-state index >= 15 is 0 Å². The lowest BCUT2D eigenvalue weighted by molar-refractivity contribution is -0.118. The van der Waals surface area contributed by atoms with Crippen LogP contribution in [0.4, 0.5) is 5.69 Å². The third kappa shape index (κ3) is 3.39. The fraction of sp³-hybridized carbons (Fsp3) is 0.316. The molecule has 134 valence electrons. The lowest BCUT2D eigenvalue weighted by atomic mass is 9.89. The molecule has 7 heteroatoms. The van der Waals surface area contributed by atoms with Crippen molar-refractivity contribution in [2.45, 2.75) is 26.2 Å². The number of para-hydroxylation sites is 1. The minimum atomic E-state index is -0.275. The molecule has 1 N–H and O–H groups in total. The van der Waals surface area contributed by atoms with Crippen LogP contribution in [0.5, 0.6) is 5.88 Å². The molecule has 1 amide bonds. The number of thiophene rings is 1. The number of hydrogen-bond donors (Lipinski definition) is 1. The van der Waals surface area contributed by atoms with E-state index in [0.29, 0.717) is 22.5 Å². The highest BCUT2D eigenvalue weighted by Crippen LogP contribution is 2.40. The molecule has 2 heterocycles. The van der Waals surface area contributed by atoms with Gasteiger partial charge in [-0.15, -0.1) is 11.3 Å². The first kappa shape index (κ1) is 17.2. The molecule has 5 nitrogen and oxygen atoms in total. The second-order valence-corrected chi connectivity index (χ2v) is 8.02. The van der Waals surface area contributed by atoms with Crippen LogP contribution in [-0.4, -0.2) is 22.5 Å². The summed E-state index contributed by atoms with van der Waals surface area (Å²) in [7, 11) is 0. The van der Waals surface area contributed by atoms with E-state index in [-0.39, 0.29) is 12.5 Å². The number of aryl methyl sites for hydroxylation is 1. The van der Waals surface area contributed by atoms with E-state index in [4.69, 9.17) is 16.3 Å². The molecule has 1 unspecified atom stereocenters. The third-order valence-corrected chi connectivity index (χ3v) is 6.04. The summed E-state index contributed by atoms with van der Waals surface area (Å²) < 4.78 is 5.74. The number of anilines is 1. The number of aromatic nitrogens is 2. The van der Waals surface area contributed by atoms with Gasteiger partial charge in [-0.05, 0) is 42.9 Å². The first-order valence-electron chi connectivity index (χ1n) is 8.54. The molecule has 0 fully saturated rings. The minimum Gasteiger partial charge on any atom is -0.467 e. The number of fused-ring (bicyclic) bond motifs is 3. The van der Waals surface area contributed by atoms with E-state index in [1.165, 1.54) is 16.8 Å². The van der Waals surface area contributed by atoms with E-state index in [1.54, 1.807) is 23.5 Å². The Labute approximate surface area is 160 Å². The average molecular weight is 388 g/mol. The molecule has 26 heavy (non-hydrogen) atoms. The first-order chi connectivity index (χ1) is 12.6. The van der Waals surface area contributed by atoms with Crippen molar-refractivity contribution in [1.29, 1.82) is 0 Å². The Hall–Kier alpha value is -2.18. The topological polar surface area (TPSA) is 64.1 Å². The maximum Gasteiger partial charge on any atom is 0.262 e. The van der Waals surface area contributed by atoms with Crippen LogP contribution < -0.4 is 10.1 Å². The molecule has 1 aromatic carbocycles. The Balaban J connectivity index is 1.52. The zero-order valence-corrected chi connectivity index (χ0v) is 15.9. The highest BCUT2D eigenvalue weighted by molar-refractivity contribution is 7.18. The van der Waals surface area contributed by atoms with Gasteiger partial charge < -0.3 is 10.1 Å². The number of nitrogens with one attached hydrogen (secondary N) is 1. The first-order valence-corrected chi connectivity index (χ1v) is 9.73. The fourth-order valence-electron chi connectivity index (χ4n) is 3.24. The van der Waals surface area contributed by atoms with Gasteiger partial charge in [-0.25, -0.2) is 9.97 Å². The summed E-state index contributed by atoms with van der Waals surface area (Å²) >= 11 is 7.77. The average Bonchev–Trinajstić information content (AvgIpc) is 3.00. The molecule has 2 aromatic heterocycles. The van der Waals surface area contributed by atoms with Gasteiger partial charge in [-0.3, -0.25) is 4.79 Å². The van der Waals surface area contributed by atoms with Gasteiger partial charge in [0, 0.05) is 4.88 Å².